The largest absolute Gasteiger partial charge is 0.497 e. The van der Waals surface area contributed by atoms with Gasteiger partial charge in [0, 0.05) is 0 Å². The molecule has 0 radical (unpaired) electrons. The summed E-state index contributed by atoms with van der Waals surface area (Å²) in [5, 5.41) is 0. The van der Waals surface area contributed by atoms with Crippen LogP contribution in [0.4, 0.5) is 0 Å². The molecule has 0 N–H and O–H groups in total. The van der Waals surface area contributed by atoms with Crippen molar-refractivity contribution in [3.05, 3.63) is 29.8 Å². The van der Waals surface area contributed by atoms with Gasteiger partial charge in [0.2, 0.25) is 0 Å². The lowest BCUT2D eigenvalue weighted by molar-refractivity contribution is -0.145. The van der Waals surface area contributed by atoms with E-state index in [2.05, 4.69) is 12.1 Å². The molecule has 2 atom stereocenters. The van der Waals surface area contributed by atoms with Gasteiger partial charge in [-0.2, -0.15) is 0 Å². The fraction of sp³-hybridized carbons (Fsp3) is 0.500. The molecule has 0 amide bonds. The Morgan fingerprint density at radius 1 is 1.35 bits per heavy atom. The highest BCUT2D eigenvalue weighted by Gasteiger charge is 2.43. The predicted molar refractivity (Wildman–Crippen MR) is 64.9 cm³/mol. The molecule has 1 fully saturated rings. The van der Waals surface area contributed by atoms with Crippen LogP contribution in [0.15, 0.2) is 24.3 Å². The molecule has 1 aliphatic carbocycles. The van der Waals surface area contributed by atoms with E-state index in [4.69, 9.17) is 9.47 Å². The number of methoxy groups -OCH3 is 1. The van der Waals surface area contributed by atoms with Gasteiger partial charge in [-0.05, 0) is 43.4 Å². The molecule has 0 bridgehead atoms. The highest BCUT2D eigenvalue weighted by Crippen LogP contribution is 2.42. The van der Waals surface area contributed by atoms with Crippen LogP contribution in [-0.2, 0) is 16.0 Å². The molecule has 3 nitrogen and oxygen atoms in total. The molecule has 1 aromatic rings. The Bertz CT molecular complexity index is 383. The van der Waals surface area contributed by atoms with Gasteiger partial charge in [-0.3, -0.25) is 4.79 Å². The molecule has 0 aromatic heterocycles. The Kier molecular flexibility index (Phi) is 3.67. The normalized spacial score (nSPS) is 22.0. The fourth-order valence-electron chi connectivity index (χ4n) is 2.08. The molecule has 0 saturated heterocycles. The van der Waals surface area contributed by atoms with Crippen LogP contribution >= 0.6 is 0 Å². The van der Waals surface area contributed by atoms with Gasteiger partial charge in [0.1, 0.15) is 5.75 Å². The van der Waals surface area contributed by atoms with Crippen molar-refractivity contribution in [1.82, 2.24) is 0 Å². The number of esters is 1. The van der Waals surface area contributed by atoms with E-state index in [-0.39, 0.29) is 11.9 Å². The Morgan fingerprint density at radius 3 is 2.65 bits per heavy atom. The summed E-state index contributed by atoms with van der Waals surface area (Å²) in [5.41, 5.74) is 1.25. The van der Waals surface area contributed by atoms with Crippen LogP contribution < -0.4 is 4.74 Å². The van der Waals surface area contributed by atoms with Crippen molar-refractivity contribution < 1.29 is 14.3 Å². The van der Waals surface area contributed by atoms with E-state index in [1.807, 2.05) is 19.1 Å². The average molecular weight is 234 g/mol. The standard InChI is InChI=1S/C14H18O3/c1-3-17-14(15)13-9-11(13)8-10-4-6-12(16-2)7-5-10/h4-7,11,13H,3,8-9H2,1-2H3/t11-,13?/m1/s1. The van der Waals surface area contributed by atoms with E-state index in [0.717, 1.165) is 18.6 Å². The third kappa shape index (κ3) is 2.99. The lowest BCUT2D eigenvalue weighted by Crippen LogP contribution is -2.08. The Hall–Kier alpha value is -1.51. The molecule has 1 aromatic carbocycles. The van der Waals surface area contributed by atoms with Gasteiger partial charge in [-0.1, -0.05) is 12.1 Å². The highest BCUT2D eigenvalue weighted by atomic mass is 16.5. The summed E-state index contributed by atoms with van der Waals surface area (Å²) < 4.78 is 10.1. The van der Waals surface area contributed by atoms with Gasteiger partial charge in [-0.15, -0.1) is 0 Å². The summed E-state index contributed by atoms with van der Waals surface area (Å²) in [4.78, 5) is 11.5. The zero-order chi connectivity index (χ0) is 12.3. The van der Waals surface area contributed by atoms with Crippen molar-refractivity contribution >= 4 is 5.97 Å². The molecule has 2 rings (SSSR count). The van der Waals surface area contributed by atoms with Gasteiger partial charge in [0.15, 0.2) is 0 Å². The number of hydrogen-bond donors (Lipinski definition) is 0. The van der Waals surface area contributed by atoms with Gasteiger partial charge in [0.05, 0.1) is 19.6 Å². The van der Waals surface area contributed by atoms with Gasteiger partial charge in [0.25, 0.3) is 0 Å². The van der Waals surface area contributed by atoms with Gasteiger partial charge >= 0.3 is 5.97 Å². The Balaban J connectivity index is 1.84. The second-order valence-corrected chi connectivity index (χ2v) is 4.41. The number of ether oxygens (including phenoxy) is 2. The fourth-order valence-corrected chi connectivity index (χ4v) is 2.08. The second-order valence-electron chi connectivity index (χ2n) is 4.41. The molecule has 1 aliphatic rings. The summed E-state index contributed by atoms with van der Waals surface area (Å²) in [6.45, 7) is 2.32. The maximum absolute atomic E-state index is 11.5. The van der Waals surface area contributed by atoms with E-state index in [1.165, 1.54) is 5.56 Å². The third-order valence-electron chi connectivity index (χ3n) is 3.17. The minimum atomic E-state index is -0.0361. The first kappa shape index (κ1) is 12.0. The zero-order valence-electron chi connectivity index (χ0n) is 10.3. The highest BCUT2D eigenvalue weighted by molar-refractivity contribution is 5.75. The number of rotatable bonds is 5. The van der Waals surface area contributed by atoms with Crippen molar-refractivity contribution in [2.24, 2.45) is 11.8 Å². The summed E-state index contributed by atoms with van der Waals surface area (Å²) in [6.07, 6.45) is 1.92. The molecule has 17 heavy (non-hydrogen) atoms. The quantitative estimate of drug-likeness (QED) is 0.734. The van der Waals surface area contributed by atoms with Crippen molar-refractivity contribution in [1.29, 1.82) is 0 Å². The van der Waals surface area contributed by atoms with Gasteiger partial charge < -0.3 is 9.47 Å². The zero-order valence-corrected chi connectivity index (χ0v) is 10.3. The van der Waals surface area contributed by atoms with Crippen LogP contribution in [0.25, 0.3) is 0 Å². The van der Waals surface area contributed by atoms with Crippen molar-refractivity contribution in [3.8, 4) is 5.75 Å². The average Bonchev–Trinajstić information content (AvgIpc) is 3.10. The van der Waals surface area contributed by atoms with Crippen molar-refractivity contribution in [2.75, 3.05) is 13.7 Å². The predicted octanol–water partition coefficient (Wildman–Crippen LogP) is 2.44. The number of hydrogen-bond acceptors (Lipinski definition) is 3. The minimum Gasteiger partial charge on any atom is -0.497 e. The van der Waals surface area contributed by atoms with Crippen LogP contribution in [-0.4, -0.2) is 19.7 Å². The molecule has 92 valence electrons. The maximum Gasteiger partial charge on any atom is 0.309 e. The topological polar surface area (TPSA) is 35.5 Å². The smallest absolute Gasteiger partial charge is 0.309 e. The SMILES string of the molecule is CCOC(=O)C1C[C@H]1Cc1ccc(OC)cc1. The molecule has 3 heteroatoms. The summed E-state index contributed by atoms with van der Waals surface area (Å²) in [5.74, 6) is 1.41. The van der Waals surface area contributed by atoms with Crippen LogP contribution in [0.2, 0.25) is 0 Å². The van der Waals surface area contributed by atoms with E-state index in [0.29, 0.717) is 12.5 Å². The molecule has 1 unspecified atom stereocenters. The van der Waals surface area contributed by atoms with E-state index in [1.54, 1.807) is 7.11 Å². The Labute approximate surface area is 102 Å². The van der Waals surface area contributed by atoms with Gasteiger partial charge in [-0.25, -0.2) is 0 Å². The van der Waals surface area contributed by atoms with Crippen molar-refractivity contribution in [2.45, 2.75) is 19.8 Å². The van der Waals surface area contributed by atoms with Crippen LogP contribution in [0.5, 0.6) is 5.75 Å². The first-order chi connectivity index (χ1) is 8.24. The molecule has 0 spiro atoms. The van der Waals surface area contributed by atoms with Crippen LogP contribution in [0.1, 0.15) is 18.9 Å². The molecular formula is C14H18O3. The van der Waals surface area contributed by atoms with Crippen LogP contribution in [0, 0.1) is 11.8 Å². The minimum absolute atomic E-state index is 0.0361. The number of benzene rings is 1. The lowest BCUT2D eigenvalue weighted by Gasteiger charge is -2.03. The summed E-state index contributed by atoms with van der Waals surface area (Å²) in [6, 6.07) is 8.02. The summed E-state index contributed by atoms with van der Waals surface area (Å²) >= 11 is 0. The van der Waals surface area contributed by atoms with Crippen LogP contribution in [0.3, 0.4) is 0 Å². The molecule has 0 heterocycles. The van der Waals surface area contributed by atoms with E-state index >= 15 is 0 Å². The van der Waals surface area contributed by atoms with Crippen molar-refractivity contribution in [3.63, 3.8) is 0 Å². The Morgan fingerprint density at radius 2 is 2.06 bits per heavy atom. The molecule has 1 saturated carbocycles. The monoisotopic (exact) mass is 234 g/mol. The summed E-state index contributed by atoms with van der Waals surface area (Å²) in [7, 11) is 1.66. The first-order valence-electron chi connectivity index (χ1n) is 6.04. The lowest BCUT2D eigenvalue weighted by atomic mass is 10.1. The third-order valence-corrected chi connectivity index (χ3v) is 3.17. The first-order valence-corrected chi connectivity index (χ1v) is 6.04. The second kappa shape index (κ2) is 5.21. The number of carbonyl (C=O) groups excluding carboxylic acids is 1. The maximum atomic E-state index is 11.5. The molecule has 0 aliphatic heterocycles. The van der Waals surface area contributed by atoms with E-state index < -0.39 is 0 Å². The molecular weight excluding hydrogens is 216 g/mol. The van der Waals surface area contributed by atoms with E-state index in [9.17, 15) is 4.79 Å². The number of carbonyl (C=O) groups is 1.